The summed E-state index contributed by atoms with van der Waals surface area (Å²) in [5, 5.41) is 8.10. The van der Waals surface area contributed by atoms with Crippen molar-refractivity contribution in [2.45, 2.75) is 6.42 Å². The van der Waals surface area contributed by atoms with Gasteiger partial charge in [-0.15, -0.1) is 13.2 Å². The molecule has 0 bridgehead atoms. The highest BCUT2D eigenvalue weighted by molar-refractivity contribution is 7.74. The van der Waals surface area contributed by atoms with Crippen molar-refractivity contribution in [1.82, 2.24) is 0 Å². The lowest BCUT2D eigenvalue weighted by Crippen LogP contribution is -1.99. The number of rotatable bonds is 8. The third-order valence-corrected chi connectivity index (χ3v) is 1.31. The zero-order valence-electron chi connectivity index (χ0n) is 8.59. The average molecular weight is 237 g/mol. The molecule has 0 aromatic carbocycles. The van der Waals surface area contributed by atoms with E-state index in [1.165, 1.54) is 0 Å². The minimum Gasteiger partial charge on any atom is -0.750 e. The van der Waals surface area contributed by atoms with Crippen molar-refractivity contribution in [3.63, 3.8) is 0 Å². The number of ether oxygens (including phenoxy) is 1. The van der Waals surface area contributed by atoms with E-state index in [0.717, 1.165) is 0 Å². The van der Waals surface area contributed by atoms with Crippen LogP contribution in [0.2, 0.25) is 0 Å². The van der Waals surface area contributed by atoms with Crippen LogP contribution in [-0.4, -0.2) is 40.3 Å². The van der Waals surface area contributed by atoms with Gasteiger partial charge in [-0.05, 0) is 6.42 Å². The highest BCUT2D eigenvalue weighted by atomic mass is 32.2. The molecule has 0 amide bonds. The van der Waals surface area contributed by atoms with Crippen LogP contribution in [0.15, 0.2) is 25.3 Å². The normalized spacial score (nSPS) is 11.1. The molecule has 0 saturated heterocycles. The molecular formula is C9H17O5S-. The summed E-state index contributed by atoms with van der Waals surface area (Å²) in [4.78, 5) is 0. The zero-order chi connectivity index (χ0) is 11.9. The fraction of sp³-hybridized carbons (Fsp3) is 0.556. The van der Waals surface area contributed by atoms with E-state index >= 15 is 0 Å². The molecule has 0 rings (SSSR count). The molecule has 0 saturated carbocycles. The van der Waals surface area contributed by atoms with E-state index in [1.54, 1.807) is 12.2 Å². The molecule has 0 aliphatic carbocycles. The van der Waals surface area contributed by atoms with Crippen molar-refractivity contribution in [2.75, 3.05) is 26.4 Å². The van der Waals surface area contributed by atoms with E-state index in [1.807, 2.05) is 0 Å². The maximum Gasteiger partial charge on any atom is 0.0842 e. The highest BCUT2D eigenvalue weighted by Crippen LogP contribution is 1.81. The van der Waals surface area contributed by atoms with E-state index < -0.39 is 11.4 Å². The van der Waals surface area contributed by atoms with E-state index in [-0.39, 0.29) is 13.2 Å². The van der Waals surface area contributed by atoms with Crippen LogP contribution >= 0.6 is 0 Å². The van der Waals surface area contributed by atoms with Gasteiger partial charge in [0.2, 0.25) is 0 Å². The van der Waals surface area contributed by atoms with Crippen LogP contribution in [0.3, 0.4) is 0 Å². The Morgan fingerprint density at radius 3 is 2.20 bits per heavy atom. The average Bonchev–Trinajstić information content (AvgIpc) is 2.20. The molecule has 0 spiro atoms. The molecule has 5 nitrogen and oxygen atoms in total. The SMILES string of the molecule is C=CCOCC=C.O=S([O-])OCCCO. The van der Waals surface area contributed by atoms with Gasteiger partial charge in [0.05, 0.1) is 31.2 Å². The fourth-order valence-electron chi connectivity index (χ4n) is 0.426. The predicted octanol–water partition coefficient (Wildman–Crippen LogP) is 0.554. The second kappa shape index (κ2) is 15.9. The lowest BCUT2D eigenvalue weighted by atomic mass is 10.5. The van der Waals surface area contributed by atoms with Crippen LogP contribution in [0.1, 0.15) is 6.42 Å². The minimum absolute atomic E-state index is 0.0444. The molecule has 0 fully saturated rings. The Bertz CT molecular complexity index is 164. The quantitative estimate of drug-likeness (QED) is 0.379. The van der Waals surface area contributed by atoms with Crippen LogP contribution in [0.4, 0.5) is 0 Å². The van der Waals surface area contributed by atoms with Crippen molar-refractivity contribution in [3.05, 3.63) is 25.3 Å². The van der Waals surface area contributed by atoms with Crippen LogP contribution in [0, 0.1) is 0 Å². The first-order chi connectivity index (χ1) is 7.18. The van der Waals surface area contributed by atoms with E-state index in [2.05, 4.69) is 17.3 Å². The van der Waals surface area contributed by atoms with E-state index in [9.17, 15) is 8.76 Å². The molecule has 0 radical (unpaired) electrons. The second-order valence-corrected chi connectivity index (χ2v) is 2.86. The van der Waals surface area contributed by atoms with Gasteiger partial charge in [-0.3, -0.25) is 0 Å². The summed E-state index contributed by atoms with van der Waals surface area (Å²) in [6, 6.07) is 0. The van der Waals surface area contributed by atoms with Gasteiger partial charge in [-0.2, -0.15) is 0 Å². The second-order valence-electron chi connectivity index (χ2n) is 2.22. The Labute approximate surface area is 92.9 Å². The Hall–Kier alpha value is -0.530. The highest BCUT2D eigenvalue weighted by Gasteiger charge is 1.82. The van der Waals surface area contributed by atoms with Gasteiger partial charge in [-0.1, -0.05) is 12.2 Å². The minimum atomic E-state index is -2.43. The molecule has 1 unspecified atom stereocenters. The summed E-state index contributed by atoms with van der Waals surface area (Å²) in [6.07, 6.45) is 3.78. The van der Waals surface area contributed by atoms with Crippen molar-refractivity contribution in [1.29, 1.82) is 0 Å². The van der Waals surface area contributed by atoms with Gasteiger partial charge in [0.1, 0.15) is 0 Å². The van der Waals surface area contributed by atoms with Crippen LogP contribution in [-0.2, 0) is 20.3 Å². The smallest absolute Gasteiger partial charge is 0.0842 e. The molecule has 0 aliphatic heterocycles. The van der Waals surface area contributed by atoms with Crippen molar-refractivity contribution >= 4 is 11.4 Å². The fourth-order valence-corrected chi connectivity index (χ4v) is 0.680. The maximum atomic E-state index is 9.57. The molecule has 0 aliphatic rings. The predicted molar refractivity (Wildman–Crippen MR) is 57.8 cm³/mol. The Kier molecular flexibility index (Phi) is 17.9. The molecule has 1 atom stereocenters. The van der Waals surface area contributed by atoms with Crippen LogP contribution in [0.5, 0.6) is 0 Å². The van der Waals surface area contributed by atoms with Crippen molar-refractivity contribution in [2.24, 2.45) is 0 Å². The largest absolute Gasteiger partial charge is 0.750 e. The van der Waals surface area contributed by atoms with Crippen LogP contribution < -0.4 is 0 Å². The lowest BCUT2D eigenvalue weighted by Gasteiger charge is -2.02. The monoisotopic (exact) mass is 237 g/mol. The first-order valence-corrected chi connectivity index (χ1v) is 5.32. The van der Waals surface area contributed by atoms with Crippen molar-refractivity contribution in [3.8, 4) is 0 Å². The van der Waals surface area contributed by atoms with Gasteiger partial charge in [0, 0.05) is 6.61 Å². The molecule has 6 heteroatoms. The molecular weight excluding hydrogens is 220 g/mol. The summed E-state index contributed by atoms with van der Waals surface area (Å²) >= 11 is -2.43. The molecule has 0 aromatic heterocycles. The van der Waals surface area contributed by atoms with Gasteiger partial charge in [0.25, 0.3) is 0 Å². The van der Waals surface area contributed by atoms with Crippen LogP contribution in [0.25, 0.3) is 0 Å². The zero-order valence-corrected chi connectivity index (χ0v) is 9.41. The third kappa shape index (κ3) is 24.7. The van der Waals surface area contributed by atoms with Gasteiger partial charge in [0.15, 0.2) is 0 Å². The van der Waals surface area contributed by atoms with E-state index in [0.29, 0.717) is 19.6 Å². The third-order valence-electron chi connectivity index (χ3n) is 0.953. The summed E-state index contributed by atoms with van der Waals surface area (Å²) in [5.74, 6) is 0. The van der Waals surface area contributed by atoms with E-state index in [4.69, 9.17) is 9.84 Å². The summed E-state index contributed by atoms with van der Waals surface area (Å²) in [5.41, 5.74) is 0. The van der Waals surface area contributed by atoms with Gasteiger partial charge >= 0.3 is 0 Å². The van der Waals surface area contributed by atoms with Crippen molar-refractivity contribution < 1.29 is 22.8 Å². The summed E-state index contributed by atoms with van der Waals surface area (Å²) in [6.45, 7) is 8.20. The molecule has 90 valence electrons. The first-order valence-electron chi connectivity index (χ1n) is 4.32. The number of hydrogen-bond acceptors (Lipinski definition) is 5. The maximum absolute atomic E-state index is 9.57. The first kappa shape index (κ1) is 16.9. The lowest BCUT2D eigenvalue weighted by molar-refractivity contribution is 0.194. The Morgan fingerprint density at radius 2 is 1.87 bits per heavy atom. The Balaban J connectivity index is 0. The number of hydrogen-bond donors (Lipinski definition) is 1. The van der Waals surface area contributed by atoms with Gasteiger partial charge in [-0.25, -0.2) is 4.21 Å². The summed E-state index contributed by atoms with van der Waals surface area (Å²) in [7, 11) is 0. The Morgan fingerprint density at radius 1 is 1.33 bits per heavy atom. The van der Waals surface area contributed by atoms with Gasteiger partial charge < -0.3 is 18.6 Å². The molecule has 1 N–H and O–H groups in total. The standard InChI is InChI=1S/C6H10O.C3H8O4S/c1-3-5-7-6-4-2;4-2-1-3-7-8(5)6/h3-4H,1-2,5-6H2;4H,1-3H2,(H,5,6)/p-1. The molecule has 0 heterocycles. The topological polar surface area (TPSA) is 78.8 Å². The molecule has 15 heavy (non-hydrogen) atoms. The summed E-state index contributed by atoms with van der Waals surface area (Å²) < 4.78 is 28.1. The molecule has 0 aromatic rings. The number of aliphatic hydroxyl groups is 1. The number of aliphatic hydroxyl groups excluding tert-OH is 1.